The predicted octanol–water partition coefficient (Wildman–Crippen LogP) is 2.52. The van der Waals surface area contributed by atoms with Gasteiger partial charge in [0.25, 0.3) is 0 Å². The van der Waals surface area contributed by atoms with Crippen LogP contribution in [0.5, 0.6) is 0 Å². The summed E-state index contributed by atoms with van der Waals surface area (Å²) in [7, 11) is 0. The lowest BCUT2D eigenvalue weighted by molar-refractivity contribution is -0.00328. The van der Waals surface area contributed by atoms with Crippen LogP contribution in [0.3, 0.4) is 0 Å². The van der Waals surface area contributed by atoms with Crippen LogP contribution in [0, 0.1) is 11.8 Å². The van der Waals surface area contributed by atoms with Crippen molar-refractivity contribution in [2.24, 2.45) is 11.8 Å². The Hall–Kier alpha value is -1.07. The average Bonchev–Trinajstić information content (AvgIpc) is 2.76. The summed E-state index contributed by atoms with van der Waals surface area (Å²) < 4.78 is 11.6. The molecule has 0 aromatic carbocycles. The first kappa shape index (κ1) is 16.8. The van der Waals surface area contributed by atoms with E-state index >= 15 is 0 Å². The van der Waals surface area contributed by atoms with Gasteiger partial charge in [0.2, 0.25) is 0 Å². The number of ether oxygens (including phenoxy) is 2. The fourth-order valence-corrected chi connectivity index (χ4v) is 4.11. The highest BCUT2D eigenvalue weighted by Crippen LogP contribution is 2.36. The fraction of sp³-hybridized carbons (Fsp3) is 0.833. The highest BCUT2D eigenvalue weighted by Gasteiger charge is 2.37. The van der Waals surface area contributed by atoms with Crippen LogP contribution in [-0.4, -0.2) is 67.4 Å². The third kappa shape index (κ3) is 3.72. The number of fused-ring (bicyclic) bond motifs is 1. The van der Waals surface area contributed by atoms with Crippen molar-refractivity contribution in [3.63, 3.8) is 0 Å². The molecular formula is C18H30N2O3. The minimum absolute atomic E-state index is 0.159. The molecule has 2 saturated heterocycles. The summed E-state index contributed by atoms with van der Waals surface area (Å²) in [6.45, 7) is 12.5. The maximum Gasteiger partial charge on any atom is 0.320 e. The Morgan fingerprint density at radius 1 is 1.22 bits per heavy atom. The Morgan fingerprint density at radius 2 is 2.04 bits per heavy atom. The number of morpholine rings is 1. The zero-order valence-corrected chi connectivity index (χ0v) is 14.5. The van der Waals surface area contributed by atoms with E-state index in [0.717, 1.165) is 19.4 Å². The van der Waals surface area contributed by atoms with E-state index in [1.54, 1.807) is 0 Å². The second-order valence-corrected chi connectivity index (χ2v) is 7.37. The monoisotopic (exact) mass is 322 g/mol. The quantitative estimate of drug-likeness (QED) is 0.697. The third-order valence-electron chi connectivity index (χ3n) is 5.66. The number of allylic oxidation sites excluding steroid dienone is 1. The Kier molecular flexibility index (Phi) is 5.27. The van der Waals surface area contributed by atoms with E-state index in [1.807, 2.05) is 9.80 Å². The maximum atomic E-state index is 12.9. The first-order chi connectivity index (χ1) is 11.1. The summed E-state index contributed by atoms with van der Waals surface area (Å²) in [4.78, 5) is 16.9. The lowest BCUT2D eigenvalue weighted by Gasteiger charge is -2.39. The van der Waals surface area contributed by atoms with Gasteiger partial charge < -0.3 is 19.3 Å². The first-order valence-electron chi connectivity index (χ1n) is 8.96. The minimum atomic E-state index is 0.159. The number of urea groups is 1. The fourth-order valence-electron chi connectivity index (χ4n) is 4.11. The average molecular weight is 322 g/mol. The minimum Gasteiger partial charge on any atom is -0.377 e. The molecule has 23 heavy (non-hydrogen) atoms. The molecule has 1 saturated carbocycles. The van der Waals surface area contributed by atoms with Crippen molar-refractivity contribution in [1.29, 1.82) is 0 Å². The summed E-state index contributed by atoms with van der Waals surface area (Å²) in [6, 6.07) is 0.322. The topological polar surface area (TPSA) is 42.0 Å². The predicted molar refractivity (Wildman–Crippen MR) is 89.3 cm³/mol. The molecule has 4 atom stereocenters. The Labute approximate surface area is 139 Å². The highest BCUT2D eigenvalue weighted by molar-refractivity contribution is 5.75. The van der Waals surface area contributed by atoms with Crippen molar-refractivity contribution in [3.05, 3.63) is 12.2 Å². The molecule has 3 fully saturated rings. The standard InChI is InChI=1S/C18H30N2O3/c1-13(2)15-4-5-16-11-19(6-9-23-17(16)10-15)18(21)20-7-8-22-12-14(20)3/h14-17H,1,4-12H2,2-3H3. The SMILES string of the molecule is C=C(C)C1CCC2CN(C(=O)N3CCOCC3C)CCOC2C1. The summed E-state index contributed by atoms with van der Waals surface area (Å²) in [5.74, 6) is 1.05. The lowest BCUT2D eigenvalue weighted by atomic mass is 9.77. The number of amides is 2. The molecule has 1 aliphatic carbocycles. The molecule has 0 aromatic heterocycles. The van der Waals surface area contributed by atoms with E-state index in [9.17, 15) is 4.79 Å². The Bertz CT molecular complexity index is 454. The molecule has 2 heterocycles. The molecule has 2 amide bonds. The van der Waals surface area contributed by atoms with Gasteiger partial charge in [-0.2, -0.15) is 0 Å². The number of hydrogen-bond donors (Lipinski definition) is 0. The lowest BCUT2D eigenvalue weighted by Crippen LogP contribution is -2.53. The van der Waals surface area contributed by atoms with Crippen molar-refractivity contribution in [2.75, 3.05) is 39.5 Å². The maximum absolute atomic E-state index is 12.9. The molecule has 0 N–H and O–H groups in total. The van der Waals surface area contributed by atoms with Gasteiger partial charge in [0.15, 0.2) is 0 Å². The van der Waals surface area contributed by atoms with Gasteiger partial charge in [-0.25, -0.2) is 4.79 Å². The van der Waals surface area contributed by atoms with E-state index in [0.29, 0.717) is 44.7 Å². The third-order valence-corrected chi connectivity index (χ3v) is 5.66. The number of hydrogen-bond acceptors (Lipinski definition) is 3. The van der Waals surface area contributed by atoms with Crippen LogP contribution >= 0.6 is 0 Å². The Morgan fingerprint density at radius 3 is 2.78 bits per heavy atom. The molecule has 130 valence electrons. The normalized spacial score (nSPS) is 35.4. The molecule has 2 aliphatic heterocycles. The van der Waals surface area contributed by atoms with Gasteiger partial charge >= 0.3 is 6.03 Å². The second-order valence-electron chi connectivity index (χ2n) is 7.37. The smallest absolute Gasteiger partial charge is 0.320 e. The van der Waals surface area contributed by atoms with Crippen molar-refractivity contribution in [2.45, 2.75) is 45.3 Å². The highest BCUT2D eigenvalue weighted by atomic mass is 16.5. The molecule has 4 unspecified atom stereocenters. The van der Waals surface area contributed by atoms with Gasteiger partial charge in [0.05, 0.1) is 32.0 Å². The number of carbonyl (C=O) groups excluding carboxylic acids is 1. The van der Waals surface area contributed by atoms with Crippen LogP contribution in [0.1, 0.15) is 33.1 Å². The molecule has 5 heteroatoms. The molecule has 0 radical (unpaired) electrons. The van der Waals surface area contributed by atoms with Gasteiger partial charge in [0, 0.05) is 25.6 Å². The summed E-state index contributed by atoms with van der Waals surface area (Å²) >= 11 is 0. The first-order valence-corrected chi connectivity index (χ1v) is 8.96. The molecule has 0 bridgehead atoms. The van der Waals surface area contributed by atoms with Gasteiger partial charge in [-0.1, -0.05) is 12.2 Å². The van der Waals surface area contributed by atoms with Crippen LogP contribution < -0.4 is 0 Å². The molecule has 3 rings (SSSR count). The molecule has 5 nitrogen and oxygen atoms in total. The van der Waals surface area contributed by atoms with E-state index in [1.165, 1.54) is 12.0 Å². The van der Waals surface area contributed by atoms with Crippen LogP contribution in [0.15, 0.2) is 12.2 Å². The second kappa shape index (κ2) is 7.22. The van der Waals surface area contributed by atoms with Crippen LogP contribution in [0.2, 0.25) is 0 Å². The van der Waals surface area contributed by atoms with Gasteiger partial charge in [-0.15, -0.1) is 0 Å². The molecule has 0 aromatic rings. The van der Waals surface area contributed by atoms with Crippen molar-refractivity contribution >= 4 is 6.03 Å². The van der Waals surface area contributed by atoms with E-state index < -0.39 is 0 Å². The summed E-state index contributed by atoms with van der Waals surface area (Å²) in [5.41, 5.74) is 1.27. The summed E-state index contributed by atoms with van der Waals surface area (Å²) in [5, 5.41) is 0. The van der Waals surface area contributed by atoms with E-state index in [2.05, 4.69) is 20.4 Å². The summed E-state index contributed by atoms with van der Waals surface area (Å²) in [6.07, 6.45) is 3.65. The zero-order chi connectivity index (χ0) is 16.4. The van der Waals surface area contributed by atoms with Gasteiger partial charge in [-0.05, 0) is 39.0 Å². The zero-order valence-electron chi connectivity index (χ0n) is 14.5. The molecule has 3 aliphatic rings. The number of rotatable bonds is 1. The van der Waals surface area contributed by atoms with Gasteiger partial charge in [-0.3, -0.25) is 0 Å². The largest absolute Gasteiger partial charge is 0.377 e. The van der Waals surface area contributed by atoms with E-state index in [-0.39, 0.29) is 18.2 Å². The van der Waals surface area contributed by atoms with Crippen LogP contribution in [-0.2, 0) is 9.47 Å². The number of carbonyl (C=O) groups is 1. The molecular weight excluding hydrogens is 292 g/mol. The molecule has 0 spiro atoms. The van der Waals surface area contributed by atoms with Gasteiger partial charge in [0.1, 0.15) is 0 Å². The number of nitrogens with zero attached hydrogens (tertiary/aromatic N) is 2. The Balaban J connectivity index is 1.63. The van der Waals surface area contributed by atoms with E-state index in [4.69, 9.17) is 9.47 Å². The van der Waals surface area contributed by atoms with Crippen molar-refractivity contribution < 1.29 is 14.3 Å². The van der Waals surface area contributed by atoms with Crippen LogP contribution in [0.25, 0.3) is 0 Å². The van der Waals surface area contributed by atoms with Crippen molar-refractivity contribution in [1.82, 2.24) is 9.80 Å². The van der Waals surface area contributed by atoms with Crippen LogP contribution in [0.4, 0.5) is 4.79 Å². The van der Waals surface area contributed by atoms with Crippen molar-refractivity contribution in [3.8, 4) is 0 Å².